The van der Waals surface area contributed by atoms with Gasteiger partial charge < -0.3 is 5.32 Å². The highest BCUT2D eigenvalue weighted by atomic mass is 16.1. The van der Waals surface area contributed by atoms with Crippen LogP contribution in [0, 0.1) is 13.8 Å². The predicted octanol–water partition coefficient (Wildman–Crippen LogP) is 4.83. The average molecular weight is 281 g/mol. The molecule has 21 heavy (non-hydrogen) atoms. The van der Waals surface area contributed by atoms with E-state index in [1.165, 1.54) is 0 Å². The largest absolute Gasteiger partial charge is 0.326 e. The number of anilines is 1. The van der Waals surface area contributed by atoms with E-state index in [-0.39, 0.29) is 11.8 Å². The summed E-state index contributed by atoms with van der Waals surface area (Å²) < 4.78 is 0. The topological polar surface area (TPSA) is 29.1 Å². The maximum absolute atomic E-state index is 12.6. The monoisotopic (exact) mass is 281 g/mol. The van der Waals surface area contributed by atoms with E-state index >= 15 is 0 Å². The van der Waals surface area contributed by atoms with Crippen molar-refractivity contribution < 1.29 is 4.79 Å². The van der Waals surface area contributed by atoms with Gasteiger partial charge in [0, 0.05) is 5.69 Å². The number of carbonyl (C=O) groups excluding carboxylic acids is 1. The molecule has 2 rings (SSSR count). The molecule has 0 aliphatic carbocycles. The van der Waals surface area contributed by atoms with Gasteiger partial charge in [0.15, 0.2) is 0 Å². The first kappa shape index (κ1) is 15.3. The molecule has 0 bridgehead atoms. The molecule has 0 saturated heterocycles. The summed E-state index contributed by atoms with van der Waals surface area (Å²) >= 11 is 0. The van der Waals surface area contributed by atoms with Gasteiger partial charge in [0.2, 0.25) is 5.91 Å². The van der Waals surface area contributed by atoms with Crippen molar-refractivity contribution in [2.75, 3.05) is 5.32 Å². The smallest absolute Gasteiger partial charge is 0.231 e. The van der Waals surface area contributed by atoms with Gasteiger partial charge in [-0.2, -0.15) is 0 Å². The van der Waals surface area contributed by atoms with E-state index in [0.717, 1.165) is 35.2 Å². The molecule has 0 spiro atoms. The molecule has 0 unspecified atom stereocenters. The Hall–Kier alpha value is -2.09. The van der Waals surface area contributed by atoms with Gasteiger partial charge in [0.1, 0.15) is 0 Å². The highest BCUT2D eigenvalue weighted by Crippen LogP contribution is 2.24. The van der Waals surface area contributed by atoms with Crippen LogP contribution in [0.1, 0.15) is 42.4 Å². The third kappa shape index (κ3) is 4.19. The summed E-state index contributed by atoms with van der Waals surface area (Å²) in [7, 11) is 0. The number of carbonyl (C=O) groups is 1. The lowest BCUT2D eigenvalue weighted by molar-refractivity contribution is -0.117. The lowest BCUT2D eigenvalue weighted by Gasteiger charge is -2.17. The van der Waals surface area contributed by atoms with Gasteiger partial charge in [0.25, 0.3) is 0 Å². The van der Waals surface area contributed by atoms with Crippen molar-refractivity contribution >= 4 is 11.6 Å². The number of hydrogen-bond acceptors (Lipinski definition) is 1. The van der Waals surface area contributed by atoms with Crippen LogP contribution in [0.15, 0.2) is 48.5 Å². The van der Waals surface area contributed by atoms with E-state index < -0.39 is 0 Å². The molecule has 0 aliphatic rings. The second kappa shape index (κ2) is 7.07. The van der Waals surface area contributed by atoms with Crippen molar-refractivity contribution in [3.63, 3.8) is 0 Å². The average Bonchev–Trinajstić information content (AvgIpc) is 2.44. The Morgan fingerprint density at radius 2 is 1.67 bits per heavy atom. The Morgan fingerprint density at radius 1 is 1.05 bits per heavy atom. The van der Waals surface area contributed by atoms with Crippen molar-refractivity contribution in [3.05, 3.63) is 65.2 Å². The van der Waals surface area contributed by atoms with Crippen molar-refractivity contribution in [1.82, 2.24) is 0 Å². The molecule has 0 aliphatic heterocycles. The Labute approximate surface area is 127 Å². The van der Waals surface area contributed by atoms with Gasteiger partial charge >= 0.3 is 0 Å². The van der Waals surface area contributed by atoms with E-state index in [1.54, 1.807) is 0 Å². The van der Waals surface area contributed by atoms with Gasteiger partial charge in [-0.05, 0) is 49.1 Å². The van der Waals surface area contributed by atoms with Gasteiger partial charge in [-0.15, -0.1) is 0 Å². The SMILES string of the molecule is CCC[C@H](C(=O)Nc1cc(C)cc(C)c1)c1ccccc1. The molecule has 2 aromatic carbocycles. The number of rotatable bonds is 5. The fourth-order valence-electron chi connectivity index (χ4n) is 2.70. The molecule has 0 aromatic heterocycles. The summed E-state index contributed by atoms with van der Waals surface area (Å²) in [6.45, 7) is 6.20. The molecule has 1 amide bonds. The van der Waals surface area contributed by atoms with Crippen LogP contribution in [-0.4, -0.2) is 5.91 Å². The molecule has 0 fully saturated rings. The first-order chi connectivity index (χ1) is 10.1. The molecular weight excluding hydrogens is 258 g/mol. The minimum Gasteiger partial charge on any atom is -0.326 e. The maximum atomic E-state index is 12.6. The van der Waals surface area contributed by atoms with E-state index in [1.807, 2.05) is 56.3 Å². The quantitative estimate of drug-likeness (QED) is 0.836. The van der Waals surface area contributed by atoms with Crippen LogP contribution in [0.4, 0.5) is 5.69 Å². The van der Waals surface area contributed by atoms with E-state index in [4.69, 9.17) is 0 Å². The van der Waals surface area contributed by atoms with Crippen molar-refractivity contribution in [1.29, 1.82) is 0 Å². The van der Waals surface area contributed by atoms with Crippen LogP contribution in [0.3, 0.4) is 0 Å². The first-order valence-electron chi connectivity index (χ1n) is 7.54. The summed E-state index contributed by atoms with van der Waals surface area (Å²) in [5, 5.41) is 3.07. The van der Waals surface area contributed by atoms with E-state index in [9.17, 15) is 4.79 Å². The Balaban J connectivity index is 2.19. The maximum Gasteiger partial charge on any atom is 0.231 e. The molecule has 0 heterocycles. The van der Waals surface area contributed by atoms with Crippen LogP contribution >= 0.6 is 0 Å². The number of nitrogens with one attached hydrogen (secondary N) is 1. The summed E-state index contributed by atoms with van der Waals surface area (Å²) in [6, 6.07) is 16.1. The lowest BCUT2D eigenvalue weighted by atomic mass is 9.93. The number of benzene rings is 2. The van der Waals surface area contributed by atoms with Crippen LogP contribution in [0.5, 0.6) is 0 Å². The van der Waals surface area contributed by atoms with Crippen LogP contribution in [0.2, 0.25) is 0 Å². The summed E-state index contributed by atoms with van der Waals surface area (Å²) in [5.74, 6) is -0.00920. The van der Waals surface area contributed by atoms with Crippen molar-refractivity contribution in [2.45, 2.75) is 39.5 Å². The Morgan fingerprint density at radius 3 is 2.24 bits per heavy atom. The Bertz CT molecular complexity index is 584. The fraction of sp³-hybridized carbons (Fsp3) is 0.316. The van der Waals surface area contributed by atoms with E-state index in [2.05, 4.69) is 18.3 Å². The minimum atomic E-state index is -0.0861. The lowest BCUT2D eigenvalue weighted by Crippen LogP contribution is -2.21. The third-order valence-electron chi connectivity index (χ3n) is 3.59. The van der Waals surface area contributed by atoms with E-state index in [0.29, 0.717) is 0 Å². The van der Waals surface area contributed by atoms with Crippen molar-refractivity contribution in [2.24, 2.45) is 0 Å². The first-order valence-corrected chi connectivity index (χ1v) is 7.54. The zero-order valence-corrected chi connectivity index (χ0v) is 13.0. The number of aryl methyl sites for hydroxylation is 2. The second-order valence-electron chi connectivity index (χ2n) is 5.62. The van der Waals surface area contributed by atoms with Crippen molar-refractivity contribution in [3.8, 4) is 0 Å². The highest BCUT2D eigenvalue weighted by Gasteiger charge is 2.19. The predicted molar refractivity (Wildman–Crippen MR) is 88.6 cm³/mol. The van der Waals surface area contributed by atoms with Gasteiger partial charge in [-0.25, -0.2) is 0 Å². The molecular formula is C19H23NO. The van der Waals surface area contributed by atoms with Crippen LogP contribution in [0.25, 0.3) is 0 Å². The highest BCUT2D eigenvalue weighted by molar-refractivity contribution is 5.96. The standard InChI is InChI=1S/C19H23NO/c1-4-8-18(16-9-6-5-7-10-16)19(21)20-17-12-14(2)11-15(3)13-17/h5-7,9-13,18H,4,8H2,1-3H3,(H,20,21)/t18-/m0/s1. The summed E-state index contributed by atoms with van der Waals surface area (Å²) in [4.78, 5) is 12.6. The van der Waals surface area contributed by atoms with Crippen LogP contribution < -0.4 is 5.32 Å². The molecule has 1 N–H and O–H groups in total. The zero-order chi connectivity index (χ0) is 15.2. The molecule has 0 radical (unpaired) electrons. The molecule has 0 saturated carbocycles. The normalized spacial score (nSPS) is 12.0. The van der Waals surface area contributed by atoms with Gasteiger partial charge in [0.05, 0.1) is 5.92 Å². The molecule has 1 atom stereocenters. The van der Waals surface area contributed by atoms with Gasteiger partial charge in [-0.1, -0.05) is 49.7 Å². The minimum absolute atomic E-state index is 0.0769. The fourth-order valence-corrected chi connectivity index (χ4v) is 2.70. The Kier molecular flexibility index (Phi) is 5.15. The second-order valence-corrected chi connectivity index (χ2v) is 5.62. The molecule has 2 aromatic rings. The molecule has 2 heteroatoms. The molecule has 110 valence electrons. The zero-order valence-electron chi connectivity index (χ0n) is 13.0. The van der Waals surface area contributed by atoms with Crippen LogP contribution in [-0.2, 0) is 4.79 Å². The third-order valence-corrected chi connectivity index (χ3v) is 3.59. The molecule has 2 nitrogen and oxygen atoms in total. The number of amides is 1. The summed E-state index contributed by atoms with van der Waals surface area (Å²) in [5.41, 5.74) is 4.30. The summed E-state index contributed by atoms with van der Waals surface area (Å²) in [6.07, 6.45) is 1.85. The number of hydrogen-bond donors (Lipinski definition) is 1. The van der Waals surface area contributed by atoms with Gasteiger partial charge in [-0.3, -0.25) is 4.79 Å².